The van der Waals surface area contributed by atoms with Crippen LogP contribution in [-0.2, 0) is 4.74 Å². The van der Waals surface area contributed by atoms with E-state index in [1.807, 2.05) is 0 Å². The van der Waals surface area contributed by atoms with Crippen molar-refractivity contribution in [2.24, 2.45) is 5.92 Å². The van der Waals surface area contributed by atoms with E-state index in [4.69, 9.17) is 9.47 Å². The number of anilines is 1. The van der Waals surface area contributed by atoms with E-state index in [-0.39, 0.29) is 56.9 Å². The summed E-state index contributed by atoms with van der Waals surface area (Å²) in [5.41, 5.74) is 0.479. The Morgan fingerprint density at radius 2 is 2.08 bits per heavy atom. The summed E-state index contributed by atoms with van der Waals surface area (Å²) in [4.78, 5) is 17.6. The number of pyridine rings is 1. The van der Waals surface area contributed by atoms with Gasteiger partial charge in [0, 0.05) is 53.5 Å². The molecule has 2 fully saturated rings. The van der Waals surface area contributed by atoms with E-state index in [0.29, 0.717) is 17.6 Å². The highest BCUT2D eigenvalue weighted by atomic mass is 32.2. The largest absolute Gasteiger partial charge is 0.496 e. The molecule has 1 unspecified atom stereocenters. The highest BCUT2D eigenvalue weighted by Gasteiger charge is 2.44. The molecule has 1 aliphatic heterocycles. The third kappa shape index (κ3) is 6.51. The number of methoxy groups -OCH3 is 1. The molecule has 13 heteroatoms. The zero-order chi connectivity index (χ0) is 27.6. The molecule has 5 rings (SSSR count). The number of alkyl halides is 4. The molecular formula is C26H22F4N4O3S2. The zero-order valence-corrected chi connectivity index (χ0v) is 22.2. The third-order valence-corrected chi connectivity index (χ3v) is 8.35. The number of hydrogen-bond donors (Lipinski definition) is 1. The standard InChI is InChI=1S/C26H22F4N4O3S2/c1-36-21-5-3-15(22(27)28)8-19(21)18-9-16(4-2-14-10-26(29,30)11-14)31-12-20(18)23(35)32-24-33-34-25(39-24)38-17-6-7-37-13-17/h3,5,8-9,12,14,17,22H,6-7,10-11,13H2,1H3,(H,32,33,35). The molecule has 3 heterocycles. The fraction of sp³-hybridized carbons (Fsp3) is 0.385. The number of benzene rings is 1. The molecule has 7 nitrogen and oxygen atoms in total. The van der Waals surface area contributed by atoms with Crippen molar-refractivity contribution in [3.63, 3.8) is 0 Å². The number of halogens is 4. The zero-order valence-electron chi connectivity index (χ0n) is 20.5. The molecule has 1 saturated carbocycles. The van der Waals surface area contributed by atoms with Crippen LogP contribution in [-0.4, -0.2) is 52.6 Å². The Balaban J connectivity index is 1.46. The second-order valence-corrected chi connectivity index (χ2v) is 11.6. The van der Waals surface area contributed by atoms with Crippen LogP contribution in [0.2, 0.25) is 0 Å². The molecule has 1 N–H and O–H groups in total. The van der Waals surface area contributed by atoms with E-state index < -0.39 is 24.2 Å². The first-order chi connectivity index (χ1) is 18.7. The molecule has 39 heavy (non-hydrogen) atoms. The monoisotopic (exact) mass is 578 g/mol. The molecule has 1 saturated heterocycles. The van der Waals surface area contributed by atoms with Gasteiger partial charge in [-0.1, -0.05) is 29.0 Å². The summed E-state index contributed by atoms with van der Waals surface area (Å²) < 4.78 is 64.9. The number of carbonyl (C=O) groups is 1. The van der Waals surface area contributed by atoms with Crippen molar-refractivity contribution in [1.29, 1.82) is 0 Å². The lowest BCUT2D eigenvalue weighted by molar-refractivity contribution is -0.0936. The number of amides is 1. The normalized spacial score (nSPS) is 18.4. The van der Waals surface area contributed by atoms with E-state index >= 15 is 0 Å². The molecule has 2 aromatic heterocycles. The van der Waals surface area contributed by atoms with Gasteiger partial charge in [0.15, 0.2) is 4.34 Å². The quantitative estimate of drug-likeness (QED) is 0.207. The summed E-state index contributed by atoms with van der Waals surface area (Å²) in [5, 5.41) is 11.4. The highest BCUT2D eigenvalue weighted by Crippen LogP contribution is 2.42. The molecule has 0 spiro atoms. The van der Waals surface area contributed by atoms with Gasteiger partial charge < -0.3 is 9.47 Å². The molecule has 3 aromatic rings. The predicted molar refractivity (Wildman–Crippen MR) is 139 cm³/mol. The second-order valence-electron chi connectivity index (χ2n) is 9.04. The van der Waals surface area contributed by atoms with E-state index in [0.717, 1.165) is 6.42 Å². The third-order valence-electron chi connectivity index (χ3n) is 6.19. The molecule has 204 valence electrons. The van der Waals surface area contributed by atoms with Crippen molar-refractivity contribution in [1.82, 2.24) is 15.2 Å². The minimum absolute atomic E-state index is 0.0639. The average molecular weight is 579 g/mol. The lowest BCUT2D eigenvalue weighted by Gasteiger charge is -2.31. The molecule has 1 amide bonds. The van der Waals surface area contributed by atoms with Gasteiger partial charge in [-0.05, 0) is 36.6 Å². The van der Waals surface area contributed by atoms with Gasteiger partial charge in [-0.25, -0.2) is 22.5 Å². The van der Waals surface area contributed by atoms with Gasteiger partial charge in [0.05, 0.1) is 19.3 Å². The Hall–Kier alpha value is -3.21. The molecule has 2 aliphatic rings. The fourth-order valence-electron chi connectivity index (χ4n) is 4.16. The first kappa shape index (κ1) is 27.4. The van der Waals surface area contributed by atoms with E-state index in [1.54, 1.807) is 0 Å². The predicted octanol–water partition coefficient (Wildman–Crippen LogP) is 6.08. The summed E-state index contributed by atoms with van der Waals surface area (Å²) in [7, 11) is 1.38. The second kappa shape index (κ2) is 11.5. The maximum atomic E-state index is 13.6. The molecular weight excluding hydrogens is 556 g/mol. The van der Waals surface area contributed by atoms with Crippen molar-refractivity contribution < 1.29 is 31.8 Å². The SMILES string of the molecule is COc1ccc(C(F)F)cc1-c1cc(C#CC2CC(F)(F)C2)ncc1C(=O)Nc1nnc(SC2CCOC2)s1. The van der Waals surface area contributed by atoms with Crippen molar-refractivity contribution in [3.8, 4) is 28.7 Å². The van der Waals surface area contributed by atoms with E-state index in [1.165, 1.54) is 60.7 Å². The van der Waals surface area contributed by atoms with Crippen LogP contribution in [0.5, 0.6) is 5.75 Å². The molecule has 1 aromatic carbocycles. The number of hydrogen-bond acceptors (Lipinski definition) is 8. The Kier molecular flexibility index (Phi) is 8.06. The van der Waals surface area contributed by atoms with Gasteiger partial charge in [-0.2, -0.15) is 0 Å². The van der Waals surface area contributed by atoms with Gasteiger partial charge in [0.2, 0.25) is 5.13 Å². The number of rotatable bonds is 7. The summed E-state index contributed by atoms with van der Waals surface area (Å²) in [5.74, 6) is 2.04. The van der Waals surface area contributed by atoms with Crippen LogP contribution in [0.1, 0.15) is 47.3 Å². The maximum Gasteiger partial charge on any atom is 0.263 e. The summed E-state index contributed by atoms with van der Waals surface area (Å²) in [6.45, 7) is 1.32. The molecule has 0 radical (unpaired) electrons. The van der Waals surface area contributed by atoms with Crippen LogP contribution in [0.25, 0.3) is 11.1 Å². The van der Waals surface area contributed by atoms with Crippen LogP contribution in [0.4, 0.5) is 22.7 Å². The smallest absolute Gasteiger partial charge is 0.263 e. The highest BCUT2D eigenvalue weighted by molar-refractivity contribution is 8.01. The topological polar surface area (TPSA) is 86.2 Å². The van der Waals surface area contributed by atoms with Gasteiger partial charge in [0.25, 0.3) is 18.3 Å². The lowest BCUT2D eigenvalue weighted by Crippen LogP contribution is -2.34. The van der Waals surface area contributed by atoms with Gasteiger partial charge in [-0.15, -0.1) is 10.2 Å². The average Bonchev–Trinajstić information content (AvgIpc) is 3.58. The molecule has 1 aliphatic carbocycles. The van der Waals surface area contributed by atoms with Crippen LogP contribution in [0, 0.1) is 17.8 Å². The van der Waals surface area contributed by atoms with Gasteiger partial charge >= 0.3 is 0 Å². The summed E-state index contributed by atoms with van der Waals surface area (Å²) in [6.07, 6.45) is -1.23. The number of thioether (sulfide) groups is 1. The molecule has 1 atom stereocenters. The van der Waals surface area contributed by atoms with Crippen LogP contribution in [0.3, 0.4) is 0 Å². The van der Waals surface area contributed by atoms with Crippen molar-refractivity contribution in [2.75, 3.05) is 25.6 Å². The van der Waals surface area contributed by atoms with Crippen LogP contribution >= 0.6 is 23.1 Å². The van der Waals surface area contributed by atoms with Crippen molar-refractivity contribution in [2.45, 2.75) is 41.2 Å². The van der Waals surface area contributed by atoms with Gasteiger partial charge in [0.1, 0.15) is 11.4 Å². The van der Waals surface area contributed by atoms with E-state index in [9.17, 15) is 22.4 Å². The Morgan fingerprint density at radius 3 is 2.77 bits per heavy atom. The molecule has 0 bridgehead atoms. The van der Waals surface area contributed by atoms with E-state index in [2.05, 4.69) is 32.3 Å². The number of carbonyl (C=O) groups excluding carboxylic acids is 1. The Labute approximate surface area is 229 Å². The van der Waals surface area contributed by atoms with Crippen molar-refractivity contribution in [3.05, 3.63) is 47.3 Å². The summed E-state index contributed by atoms with van der Waals surface area (Å²) in [6, 6.07) is 5.33. The first-order valence-electron chi connectivity index (χ1n) is 12.0. The Bertz CT molecular complexity index is 1430. The first-order valence-corrected chi connectivity index (χ1v) is 13.7. The van der Waals surface area contributed by atoms with Crippen LogP contribution in [0.15, 0.2) is 34.8 Å². The minimum atomic E-state index is -2.75. The van der Waals surface area contributed by atoms with Crippen molar-refractivity contribution >= 4 is 34.1 Å². The summed E-state index contributed by atoms with van der Waals surface area (Å²) >= 11 is 2.73. The fourth-order valence-corrected chi connectivity index (χ4v) is 6.22. The number of nitrogens with zero attached hydrogens (tertiary/aromatic N) is 3. The number of aromatic nitrogens is 3. The minimum Gasteiger partial charge on any atom is -0.496 e. The van der Waals surface area contributed by atoms with Gasteiger partial charge in [-0.3, -0.25) is 10.1 Å². The number of ether oxygens (including phenoxy) is 2. The number of nitrogens with one attached hydrogen (secondary N) is 1. The lowest BCUT2D eigenvalue weighted by atomic mass is 9.82. The van der Waals surface area contributed by atoms with Crippen LogP contribution < -0.4 is 10.1 Å². The Morgan fingerprint density at radius 1 is 1.26 bits per heavy atom. The maximum absolute atomic E-state index is 13.6.